The maximum atomic E-state index is 5.63. The van der Waals surface area contributed by atoms with Crippen molar-refractivity contribution in [1.29, 1.82) is 0 Å². The van der Waals surface area contributed by atoms with E-state index >= 15 is 0 Å². The molecule has 2 aromatic rings. The van der Waals surface area contributed by atoms with E-state index in [-0.39, 0.29) is 6.04 Å². The molecule has 5 nitrogen and oxygen atoms in total. The first-order valence-corrected chi connectivity index (χ1v) is 6.46. The van der Waals surface area contributed by atoms with Gasteiger partial charge in [-0.25, -0.2) is 0 Å². The van der Waals surface area contributed by atoms with E-state index in [2.05, 4.69) is 31.4 Å². The molecule has 2 aromatic heterocycles. The van der Waals surface area contributed by atoms with Crippen LogP contribution in [0.3, 0.4) is 0 Å². The number of pyridine rings is 1. The van der Waals surface area contributed by atoms with Gasteiger partial charge < -0.3 is 0 Å². The molecule has 6 heteroatoms. The Balaban J connectivity index is 2.19. The lowest BCUT2D eigenvalue weighted by molar-refractivity contribution is 0.504. The third-order valence-electron chi connectivity index (χ3n) is 2.80. The molecule has 0 aliphatic rings. The molecule has 0 spiro atoms. The summed E-state index contributed by atoms with van der Waals surface area (Å²) < 4.78 is 2.82. The topological polar surface area (TPSA) is 68.8 Å². The molecule has 0 saturated heterocycles. The summed E-state index contributed by atoms with van der Waals surface area (Å²) in [5, 5.41) is 4.33. The van der Waals surface area contributed by atoms with Crippen molar-refractivity contribution in [2.24, 2.45) is 12.9 Å². The summed E-state index contributed by atoms with van der Waals surface area (Å²) in [4.78, 5) is 4.36. The van der Waals surface area contributed by atoms with Gasteiger partial charge in [-0.05, 0) is 41.1 Å². The van der Waals surface area contributed by atoms with Crippen molar-refractivity contribution in [3.63, 3.8) is 0 Å². The summed E-state index contributed by atoms with van der Waals surface area (Å²) in [5.74, 6) is 5.63. The largest absolute Gasteiger partial charge is 0.271 e. The number of nitrogens with two attached hydrogens (primary N) is 1. The average molecular weight is 310 g/mol. The SMILES string of the molecule is Cc1cc(C(Cc2ccc(Br)cn2)NN)n(C)n1. The van der Waals surface area contributed by atoms with Crippen LogP contribution in [0.25, 0.3) is 0 Å². The Hall–Kier alpha value is -1.24. The lowest BCUT2D eigenvalue weighted by Crippen LogP contribution is -2.31. The number of rotatable bonds is 4. The molecule has 0 aliphatic carbocycles. The lowest BCUT2D eigenvalue weighted by Gasteiger charge is -2.15. The van der Waals surface area contributed by atoms with Gasteiger partial charge in [-0.3, -0.25) is 20.9 Å². The summed E-state index contributed by atoms with van der Waals surface area (Å²) in [6.45, 7) is 1.97. The molecule has 0 aliphatic heterocycles. The summed E-state index contributed by atoms with van der Waals surface area (Å²) in [7, 11) is 1.92. The molecule has 0 amide bonds. The monoisotopic (exact) mass is 309 g/mol. The minimum absolute atomic E-state index is 0.00451. The van der Waals surface area contributed by atoms with Gasteiger partial charge in [0.1, 0.15) is 0 Å². The standard InChI is InChI=1S/C12H16BrN5/c1-8-5-12(18(2)17-8)11(16-14)6-10-4-3-9(13)7-15-10/h3-5,7,11,16H,6,14H2,1-2H3. The number of hydrogen-bond donors (Lipinski definition) is 2. The van der Waals surface area contributed by atoms with E-state index < -0.39 is 0 Å². The van der Waals surface area contributed by atoms with Crippen molar-refractivity contribution < 1.29 is 0 Å². The van der Waals surface area contributed by atoms with Gasteiger partial charge in [0, 0.05) is 29.8 Å². The van der Waals surface area contributed by atoms with Crippen LogP contribution in [0, 0.1) is 6.92 Å². The normalized spacial score (nSPS) is 12.7. The maximum absolute atomic E-state index is 5.63. The Kier molecular flexibility index (Phi) is 4.11. The Morgan fingerprint density at radius 1 is 1.50 bits per heavy atom. The van der Waals surface area contributed by atoms with Crippen LogP contribution >= 0.6 is 15.9 Å². The van der Waals surface area contributed by atoms with Crippen molar-refractivity contribution >= 4 is 15.9 Å². The van der Waals surface area contributed by atoms with Crippen LogP contribution in [0.4, 0.5) is 0 Å². The Morgan fingerprint density at radius 3 is 2.78 bits per heavy atom. The molecule has 1 atom stereocenters. The highest BCUT2D eigenvalue weighted by Crippen LogP contribution is 2.18. The van der Waals surface area contributed by atoms with Crippen LogP contribution in [0.2, 0.25) is 0 Å². The number of hydrazine groups is 1. The summed E-state index contributed by atoms with van der Waals surface area (Å²) in [5.41, 5.74) is 5.85. The van der Waals surface area contributed by atoms with E-state index in [4.69, 9.17) is 5.84 Å². The maximum Gasteiger partial charge on any atom is 0.0684 e. The predicted molar refractivity (Wildman–Crippen MR) is 73.7 cm³/mol. The Morgan fingerprint density at radius 2 is 2.28 bits per heavy atom. The molecule has 0 saturated carbocycles. The Labute approximate surface area is 115 Å². The summed E-state index contributed by atoms with van der Waals surface area (Å²) >= 11 is 3.37. The van der Waals surface area contributed by atoms with Crippen LogP contribution in [-0.4, -0.2) is 14.8 Å². The first kappa shape index (κ1) is 13.2. The first-order chi connectivity index (χ1) is 8.60. The van der Waals surface area contributed by atoms with Gasteiger partial charge >= 0.3 is 0 Å². The Bertz CT molecular complexity index is 520. The van der Waals surface area contributed by atoms with Crippen LogP contribution in [0.15, 0.2) is 28.9 Å². The van der Waals surface area contributed by atoms with Gasteiger partial charge in [0.05, 0.1) is 17.4 Å². The second-order valence-electron chi connectivity index (χ2n) is 4.23. The third-order valence-corrected chi connectivity index (χ3v) is 3.27. The van der Waals surface area contributed by atoms with Gasteiger partial charge in [0.15, 0.2) is 0 Å². The number of nitrogens with one attached hydrogen (secondary N) is 1. The quantitative estimate of drug-likeness (QED) is 0.665. The minimum atomic E-state index is 0.00451. The first-order valence-electron chi connectivity index (χ1n) is 5.67. The minimum Gasteiger partial charge on any atom is -0.271 e. The van der Waals surface area contributed by atoms with E-state index in [1.54, 1.807) is 6.20 Å². The molecule has 96 valence electrons. The molecule has 1 unspecified atom stereocenters. The van der Waals surface area contributed by atoms with Crippen molar-refractivity contribution in [1.82, 2.24) is 20.2 Å². The van der Waals surface area contributed by atoms with E-state index in [1.165, 1.54) is 0 Å². The average Bonchev–Trinajstić information content (AvgIpc) is 2.68. The molecule has 18 heavy (non-hydrogen) atoms. The van der Waals surface area contributed by atoms with E-state index in [1.807, 2.05) is 36.9 Å². The highest BCUT2D eigenvalue weighted by molar-refractivity contribution is 9.10. The number of nitrogens with zero attached hydrogens (tertiary/aromatic N) is 3. The zero-order valence-corrected chi connectivity index (χ0v) is 12.0. The second-order valence-corrected chi connectivity index (χ2v) is 5.14. The number of aromatic nitrogens is 3. The van der Waals surface area contributed by atoms with Gasteiger partial charge in [0.2, 0.25) is 0 Å². The van der Waals surface area contributed by atoms with Crippen molar-refractivity contribution in [3.05, 3.63) is 46.0 Å². The van der Waals surface area contributed by atoms with E-state index in [0.717, 1.165) is 28.0 Å². The molecular formula is C12H16BrN5. The van der Waals surface area contributed by atoms with Crippen LogP contribution in [-0.2, 0) is 13.5 Å². The molecule has 2 heterocycles. The van der Waals surface area contributed by atoms with Crippen molar-refractivity contribution in [2.45, 2.75) is 19.4 Å². The van der Waals surface area contributed by atoms with Crippen molar-refractivity contribution in [3.8, 4) is 0 Å². The number of halogens is 1. The highest BCUT2D eigenvalue weighted by Gasteiger charge is 2.15. The third kappa shape index (κ3) is 2.95. The van der Waals surface area contributed by atoms with Gasteiger partial charge in [-0.15, -0.1) is 0 Å². The lowest BCUT2D eigenvalue weighted by atomic mass is 10.1. The fourth-order valence-corrected chi connectivity index (χ4v) is 2.18. The molecule has 2 rings (SSSR count). The molecule has 0 fully saturated rings. The fraction of sp³-hybridized carbons (Fsp3) is 0.333. The van der Waals surface area contributed by atoms with Crippen LogP contribution in [0.1, 0.15) is 23.1 Å². The summed E-state index contributed by atoms with van der Waals surface area (Å²) in [6.07, 6.45) is 2.51. The zero-order valence-electron chi connectivity index (χ0n) is 10.4. The van der Waals surface area contributed by atoms with E-state index in [0.29, 0.717) is 0 Å². The predicted octanol–water partition coefficient (Wildman–Crippen LogP) is 1.63. The number of hydrogen-bond acceptors (Lipinski definition) is 4. The second kappa shape index (κ2) is 5.60. The summed E-state index contributed by atoms with van der Waals surface area (Å²) in [6, 6.07) is 6.00. The molecule has 0 radical (unpaired) electrons. The fourth-order valence-electron chi connectivity index (χ4n) is 1.94. The molecule has 0 aromatic carbocycles. The van der Waals surface area contributed by atoms with E-state index in [9.17, 15) is 0 Å². The highest BCUT2D eigenvalue weighted by atomic mass is 79.9. The molecule has 0 bridgehead atoms. The molecular weight excluding hydrogens is 294 g/mol. The smallest absolute Gasteiger partial charge is 0.0684 e. The van der Waals surface area contributed by atoms with Gasteiger partial charge in [-0.1, -0.05) is 0 Å². The number of aryl methyl sites for hydroxylation is 2. The van der Waals surface area contributed by atoms with Crippen LogP contribution < -0.4 is 11.3 Å². The zero-order chi connectivity index (χ0) is 13.1. The van der Waals surface area contributed by atoms with Crippen molar-refractivity contribution in [2.75, 3.05) is 0 Å². The molecule has 3 N–H and O–H groups in total. The van der Waals surface area contributed by atoms with Gasteiger partial charge in [0.25, 0.3) is 0 Å². The van der Waals surface area contributed by atoms with Gasteiger partial charge in [-0.2, -0.15) is 5.10 Å². The van der Waals surface area contributed by atoms with Crippen LogP contribution in [0.5, 0.6) is 0 Å².